The summed E-state index contributed by atoms with van der Waals surface area (Å²) in [5, 5.41) is 4.32. The highest BCUT2D eigenvalue weighted by molar-refractivity contribution is 6.12. The first-order valence-electron chi connectivity index (χ1n) is 12.5. The molecule has 2 N–H and O–H groups in total. The molecule has 2 heterocycles. The number of ether oxygens (including phenoxy) is 1. The molecule has 0 bridgehead atoms. The SMILES string of the molecule is Cc1[nH]c2cc(OCCCCCNC(=O)C3CCC(CN4C(=O)C=CC4=O)CC3)ccc2c1C. The number of carbonyl (C=O) groups is 3. The number of carbonyl (C=O) groups excluding carboxylic acids is 3. The summed E-state index contributed by atoms with van der Waals surface area (Å²) < 4.78 is 5.90. The van der Waals surface area contributed by atoms with Gasteiger partial charge in [-0.1, -0.05) is 0 Å². The molecule has 1 aliphatic carbocycles. The maximum absolute atomic E-state index is 12.5. The van der Waals surface area contributed by atoms with E-state index in [4.69, 9.17) is 4.74 Å². The van der Waals surface area contributed by atoms with Crippen LogP contribution in [0.4, 0.5) is 0 Å². The van der Waals surface area contributed by atoms with Crippen molar-refractivity contribution in [3.05, 3.63) is 41.6 Å². The van der Waals surface area contributed by atoms with Gasteiger partial charge in [-0.3, -0.25) is 19.3 Å². The number of amides is 3. The van der Waals surface area contributed by atoms with Crippen molar-refractivity contribution in [1.29, 1.82) is 0 Å². The lowest BCUT2D eigenvalue weighted by Crippen LogP contribution is -2.38. The predicted octanol–water partition coefficient (Wildman–Crippen LogP) is 4.18. The molecular formula is C27H35N3O4. The first-order chi connectivity index (χ1) is 16.4. The molecule has 3 amide bonds. The number of fused-ring (bicyclic) bond motifs is 1. The van der Waals surface area contributed by atoms with Crippen LogP contribution >= 0.6 is 0 Å². The number of hydrogen-bond donors (Lipinski definition) is 2. The van der Waals surface area contributed by atoms with E-state index >= 15 is 0 Å². The number of imide groups is 1. The number of H-pyrrole nitrogens is 1. The highest BCUT2D eigenvalue weighted by Crippen LogP contribution is 2.30. The number of rotatable bonds is 10. The van der Waals surface area contributed by atoms with Gasteiger partial charge in [0, 0.05) is 53.8 Å². The standard InChI is InChI=1S/C27H35N3O4/c1-18-19(2)29-24-16-22(10-11-23(18)24)34-15-5-3-4-14-28-27(33)21-8-6-20(7-9-21)17-30-25(31)12-13-26(30)32/h10-13,16,20-21,29H,3-9,14-15,17H2,1-2H3,(H,28,33). The quantitative estimate of drug-likeness (QED) is 0.407. The van der Waals surface area contributed by atoms with Crippen molar-refractivity contribution in [2.45, 2.75) is 58.8 Å². The van der Waals surface area contributed by atoms with Gasteiger partial charge < -0.3 is 15.0 Å². The Kier molecular flexibility index (Phi) is 7.70. The van der Waals surface area contributed by atoms with E-state index in [0.29, 0.717) is 25.6 Å². The van der Waals surface area contributed by atoms with Gasteiger partial charge in [-0.25, -0.2) is 0 Å². The molecule has 1 fully saturated rings. The number of unbranched alkanes of at least 4 members (excludes halogenated alkanes) is 2. The third-order valence-corrected chi connectivity index (χ3v) is 7.23. The van der Waals surface area contributed by atoms with E-state index in [1.165, 1.54) is 33.7 Å². The topological polar surface area (TPSA) is 91.5 Å². The maximum atomic E-state index is 12.5. The number of aryl methyl sites for hydroxylation is 2. The average molecular weight is 466 g/mol. The summed E-state index contributed by atoms with van der Waals surface area (Å²) in [7, 11) is 0. The van der Waals surface area contributed by atoms with Gasteiger partial charge in [-0.15, -0.1) is 0 Å². The first-order valence-corrected chi connectivity index (χ1v) is 12.5. The number of hydrogen-bond acceptors (Lipinski definition) is 4. The monoisotopic (exact) mass is 465 g/mol. The minimum absolute atomic E-state index is 0.0397. The number of nitrogens with one attached hydrogen (secondary N) is 2. The Morgan fingerprint density at radius 1 is 1.06 bits per heavy atom. The lowest BCUT2D eigenvalue weighted by molar-refractivity contribution is -0.138. The largest absolute Gasteiger partial charge is 0.494 e. The second-order valence-electron chi connectivity index (χ2n) is 9.62. The molecule has 34 heavy (non-hydrogen) atoms. The van der Waals surface area contributed by atoms with Gasteiger partial charge in [-0.05, 0) is 82.4 Å². The molecule has 1 saturated carbocycles. The smallest absolute Gasteiger partial charge is 0.253 e. The van der Waals surface area contributed by atoms with E-state index in [2.05, 4.69) is 36.3 Å². The van der Waals surface area contributed by atoms with E-state index in [1.807, 2.05) is 6.07 Å². The van der Waals surface area contributed by atoms with Crippen LogP contribution in [0.15, 0.2) is 30.4 Å². The maximum Gasteiger partial charge on any atom is 0.253 e. The van der Waals surface area contributed by atoms with Gasteiger partial charge in [0.05, 0.1) is 6.61 Å². The molecule has 1 aromatic carbocycles. The van der Waals surface area contributed by atoms with Gasteiger partial charge in [0.2, 0.25) is 5.91 Å². The van der Waals surface area contributed by atoms with Crippen LogP contribution in [0.25, 0.3) is 10.9 Å². The first kappa shape index (κ1) is 24.0. The second kappa shape index (κ2) is 10.9. The van der Waals surface area contributed by atoms with E-state index in [9.17, 15) is 14.4 Å². The van der Waals surface area contributed by atoms with Crippen molar-refractivity contribution >= 4 is 28.6 Å². The number of aromatic amines is 1. The van der Waals surface area contributed by atoms with Crippen LogP contribution in [0.5, 0.6) is 5.75 Å². The Bertz CT molecular complexity index is 1060. The fourth-order valence-electron chi connectivity index (χ4n) is 4.97. The molecule has 4 rings (SSSR count). The minimum Gasteiger partial charge on any atom is -0.494 e. The molecule has 0 unspecified atom stereocenters. The van der Waals surface area contributed by atoms with Crippen LogP contribution in [-0.2, 0) is 14.4 Å². The third-order valence-electron chi connectivity index (χ3n) is 7.23. The fraction of sp³-hybridized carbons (Fsp3) is 0.519. The number of benzene rings is 1. The van der Waals surface area contributed by atoms with E-state index in [0.717, 1.165) is 56.2 Å². The molecule has 2 aliphatic rings. The zero-order valence-corrected chi connectivity index (χ0v) is 20.2. The Hall–Kier alpha value is -3.09. The van der Waals surface area contributed by atoms with Gasteiger partial charge in [0.25, 0.3) is 11.8 Å². The highest BCUT2D eigenvalue weighted by Gasteiger charge is 2.31. The zero-order valence-electron chi connectivity index (χ0n) is 20.2. The molecule has 0 saturated heterocycles. The molecule has 7 heteroatoms. The molecule has 0 radical (unpaired) electrons. The molecule has 1 aromatic heterocycles. The van der Waals surface area contributed by atoms with Gasteiger partial charge in [0.1, 0.15) is 5.75 Å². The van der Waals surface area contributed by atoms with E-state index in [1.54, 1.807) is 0 Å². The van der Waals surface area contributed by atoms with Crippen molar-refractivity contribution < 1.29 is 19.1 Å². The van der Waals surface area contributed by atoms with E-state index in [-0.39, 0.29) is 23.6 Å². The van der Waals surface area contributed by atoms with Gasteiger partial charge in [-0.2, -0.15) is 0 Å². The lowest BCUT2D eigenvalue weighted by Gasteiger charge is -2.30. The van der Waals surface area contributed by atoms with Crippen LogP contribution < -0.4 is 10.1 Å². The zero-order chi connectivity index (χ0) is 24.1. The Morgan fingerprint density at radius 3 is 2.53 bits per heavy atom. The third kappa shape index (κ3) is 5.69. The van der Waals surface area contributed by atoms with Crippen molar-refractivity contribution in [1.82, 2.24) is 15.2 Å². The molecule has 7 nitrogen and oxygen atoms in total. The summed E-state index contributed by atoms with van der Waals surface area (Å²) in [6, 6.07) is 6.19. The van der Waals surface area contributed by atoms with Crippen LogP contribution in [0.3, 0.4) is 0 Å². The van der Waals surface area contributed by atoms with E-state index < -0.39 is 0 Å². The van der Waals surface area contributed by atoms with Crippen molar-refractivity contribution in [2.75, 3.05) is 19.7 Å². The summed E-state index contributed by atoms with van der Waals surface area (Å²) in [4.78, 5) is 40.6. The molecule has 0 atom stereocenters. The fourth-order valence-corrected chi connectivity index (χ4v) is 4.97. The summed E-state index contributed by atoms with van der Waals surface area (Å²) in [5.41, 5.74) is 3.58. The Balaban J connectivity index is 1.06. The van der Waals surface area contributed by atoms with Crippen molar-refractivity contribution in [3.63, 3.8) is 0 Å². The highest BCUT2D eigenvalue weighted by atomic mass is 16.5. The summed E-state index contributed by atoms with van der Waals surface area (Å²) in [6.45, 7) is 6.03. The van der Waals surface area contributed by atoms with Crippen LogP contribution in [0.1, 0.15) is 56.2 Å². The van der Waals surface area contributed by atoms with Crippen molar-refractivity contribution in [3.8, 4) is 5.75 Å². The molecule has 2 aromatic rings. The molecular weight excluding hydrogens is 430 g/mol. The summed E-state index contributed by atoms with van der Waals surface area (Å²) >= 11 is 0. The van der Waals surface area contributed by atoms with Crippen molar-refractivity contribution in [2.24, 2.45) is 11.8 Å². The summed E-state index contributed by atoms with van der Waals surface area (Å²) in [6.07, 6.45) is 8.93. The Labute approximate surface area is 200 Å². The second-order valence-corrected chi connectivity index (χ2v) is 9.62. The number of nitrogens with zero attached hydrogens (tertiary/aromatic N) is 1. The van der Waals surface area contributed by atoms with Crippen LogP contribution in [0.2, 0.25) is 0 Å². The number of aromatic nitrogens is 1. The predicted molar refractivity (Wildman–Crippen MR) is 131 cm³/mol. The average Bonchev–Trinajstić information content (AvgIpc) is 3.30. The summed E-state index contributed by atoms with van der Waals surface area (Å²) in [5.74, 6) is 0.909. The van der Waals surface area contributed by atoms with Crippen LogP contribution in [0, 0.1) is 25.7 Å². The van der Waals surface area contributed by atoms with Crippen LogP contribution in [-0.4, -0.2) is 47.3 Å². The molecule has 1 aliphatic heterocycles. The van der Waals surface area contributed by atoms with Gasteiger partial charge >= 0.3 is 0 Å². The molecule has 182 valence electrons. The normalized spacial score (nSPS) is 20.4. The lowest BCUT2D eigenvalue weighted by atomic mass is 9.81. The van der Waals surface area contributed by atoms with Gasteiger partial charge in [0.15, 0.2) is 0 Å². The molecule has 0 spiro atoms. The minimum atomic E-state index is -0.220. The Morgan fingerprint density at radius 2 is 1.79 bits per heavy atom.